The number of benzene rings is 1. The third-order valence-corrected chi connectivity index (χ3v) is 4.86. The third kappa shape index (κ3) is 1.71. The first-order valence-electron chi connectivity index (χ1n) is 5.46. The predicted molar refractivity (Wildman–Crippen MR) is 63.9 cm³/mol. The van der Waals surface area contributed by atoms with E-state index in [-0.39, 0.29) is 28.9 Å². The molecule has 0 saturated carbocycles. The Bertz CT molecular complexity index is 624. The maximum Gasteiger partial charge on any atom is 0.339 e. The molecular formula is C11H11NO5S. The molecule has 1 saturated heterocycles. The van der Waals surface area contributed by atoms with Crippen molar-refractivity contribution in [3.05, 3.63) is 23.8 Å². The van der Waals surface area contributed by atoms with E-state index < -0.39 is 21.9 Å². The Hall–Kier alpha value is -1.76. The van der Waals surface area contributed by atoms with Gasteiger partial charge in [0.15, 0.2) is 15.6 Å². The summed E-state index contributed by atoms with van der Waals surface area (Å²) in [5.74, 6) is -0.914. The SMILES string of the molecule is O=C(O)c1cccc2c1OC1CS(=O)(=O)CC1N2. The van der Waals surface area contributed by atoms with Gasteiger partial charge in [-0.25, -0.2) is 13.2 Å². The molecule has 0 bridgehead atoms. The van der Waals surface area contributed by atoms with Crippen molar-refractivity contribution in [2.24, 2.45) is 0 Å². The summed E-state index contributed by atoms with van der Waals surface area (Å²) < 4.78 is 28.6. The molecule has 0 radical (unpaired) electrons. The topological polar surface area (TPSA) is 92.7 Å². The number of carboxylic acid groups (broad SMARTS) is 1. The molecule has 2 atom stereocenters. The molecule has 0 amide bonds. The van der Waals surface area contributed by atoms with E-state index in [0.29, 0.717) is 5.69 Å². The van der Waals surface area contributed by atoms with Gasteiger partial charge in [0.05, 0.1) is 23.2 Å². The lowest BCUT2D eigenvalue weighted by atomic mass is 10.1. The largest absolute Gasteiger partial charge is 0.484 e. The van der Waals surface area contributed by atoms with Gasteiger partial charge in [-0.05, 0) is 12.1 Å². The number of hydrogen-bond donors (Lipinski definition) is 2. The number of carboxylic acids is 1. The van der Waals surface area contributed by atoms with Gasteiger partial charge in [-0.15, -0.1) is 0 Å². The molecule has 2 N–H and O–H groups in total. The van der Waals surface area contributed by atoms with Crippen molar-refractivity contribution in [1.29, 1.82) is 0 Å². The average Bonchev–Trinajstić information content (AvgIpc) is 2.57. The molecule has 1 fully saturated rings. The third-order valence-electron chi connectivity index (χ3n) is 3.16. The number of para-hydroxylation sites is 1. The Morgan fingerprint density at radius 2 is 2.17 bits per heavy atom. The van der Waals surface area contributed by atoms with Gasteiger partial charge >= 0.3 is 5.97 Å². The molecule has 2 aliphatic rings. The van der Waals surface area contributed by atoms with Crippen molar-refractivity contribution in [3.8, 4) is 5.75 Å². The highest BCUT2D eigenvalue weighted by molar-refractivity contribution is 7.91. The molecule has 96 valence electrons. The number of ether oxygens (including phenoxy) is 1. The van der Waals surface area contributed by atoms with E-state index in [1.165, 1.54) is 6.07 Å². The standard InChI is InChI=1S/C11H11NO5S/c13-11(14)6-2-1-3-7-10(6)17-9-5-18(15,16)4-8(9)12-7/h1-3,8-9,12H,4-5H2,(H,13,14). The van der Waals surface area contributed by atoms with Gasteiger partial charge in [0.2, 0.25) is 0 Å². The molecule has 7 heteroatoms. The van der Waals surface area contributed by atoms with Crippen molar-refractivity contribution in [1.82, 2.24) is 0 Å². The summed E-state index contributed by atoms with van der Waals surface area (Å²) >= 11 is 0. The van der Waals surface area contributed by atoms with Crippen molar-refractivity contribution in [2.75, 3.05) is 16.8 Å². The fraction of sp³-hybridized carbons (Fsp3) is 0.364. The summed E-state index contributed by atoms with van der Waals surface area (Å²) in [5, 5.41) is 12.1. The van der Waals surface area contributed by atoms with Gasteiger partial charge in [0, 0.05) is 0 Å². The number of rotatable bonds is 1. The average molecular weight is 269 g/mol. The first-order valence-corrected chi connectivity index (χ1v) is 7.28. The Kier molecular flexibility index (Phi) is 2.28. The highest BCUT2D eigenvalue weighted by Crippen LogP contribution is 2.37. The molecule has 0 spiro atoms. The van der Waals surface area contributed by atoms with Crippen LogP contribution in [0.1, 0.15) is 10.4 Å². The van der Waals surface area contributed by atoms with Crippen LogP contribution < -0.4 is 10.1 Å². The molecule has 2 heterocycles. The van der Waals surface area contributed by atoms with E-state index in [4.69, 9.17) is 9.84 Å². The van der Waals surface area contributed by atoms with Gasteiger partial charge in [-0.3, -0.25) is 0 Å². The second kappa shape index (κ2) is 3.61. The normalized spacial score (nSPS) is 27.6. The van der Waals surface area contributed by atoms with E-state index in [2.05, 4.69) is 5.32 Å². The predicted octanol–water partition coefficient (Wildman–Crippen LogP) is 0.355. The Labute approximate surface area is 103 Å². The second-order valence-electron chi connectivity index (χ2n) is 4.47. The molecule has 2 aliphatic heterocycles. The molecule has 6 nitrogen and oxygen atoms in total. The summed E-state index contributed by atoms with van der Waals surface area (Å²) in [7, 11) is -3.11. The van der Waals surface area contributed by atoms with Crippen LogP contribution in [-0.2, 0) is 9.84 Å². The number of anilines is 1. The summed E-state index contributed by atoms with van der Waals surface area (Å²) in [6, 6.07) is 4.42. The van der Waals surface area contributed by atoms with Crippen molar-refractivity contribution in [2.45, 2.75) is 12.1 Å². The minimum absolute atomic E-state index is 0.0222. The summed E-state index contributed by atoms with van der Waals surface area (Å²) in [4.78, 5) is 11.1. The molecule has 18 heavy (non-hydrogen) atoms. The van der Waals surface area contributed by atoms with Crippen molar-refractivity contribution >= 4 is 21.5 Å². The second-order valence-corrected chi connectivity index (χ2v) is 6.63. The van der Waals surface area contributed by atoms with Crippen LogP contribution in [0.3, 0.4) is 0 Å². The van der Waals surface area contributed by atoms with Crippen molar-refractivity contribution < 1.29 is 23.1 Å². The van der Waals surface area contributed by atoms with Gasteiger partial charge in [0.25, 0.3) is 0 Å². The number of fused-ring (bicyclic) bond motifs is 2. The zero-order valence-electron chi connectivity index (χ0n) is 9.29. The molecule has 0 aliphatic carbocycles. The van der Waals surface area contributed by atoms with E-state index >= 15 is 0 Å². The number of nitrogens with one attached hydrogen (secondary N) is 1. The van der Waals surface area contributed by atoms with E-state index in [1.54, 1.807) is 12.1 Å². The lowest BCUT2D eigenvalue weighted by molar-refractivity contribution is 0.0689. The number of aromatic carboxylic acids is 1. The first-order chi connectivity index (χ1) is 8.46. The van der Waals surface area contributed by atoms with Crippen LogP contribution >= 0.6 is 0 Å². The monoisotopic (exact) mass is 269 g/mol. The minimum atomic E-state index is -3.11. The van der Waals surface area contributed by atoms with E-state index in [1.807, 2.05) is 0 Å². The van der Waals surface area contributed by atoms with Gasteiger partial charge in [-0.1, -0.05) is 6.07 Å². The van der Waals surface area contributed by atoms with Crippen LogP contribution in [0.25, 0.3) is 0 Å². The molecule has 2 unspecified atom stereocenters. The first kappa shape index (κ1) is 11.3. The quantitative estimate of drug-likeness (QED) is 0.764. The maximum absolute atomic E-state index is 11.5. The number of carbonyl (C=O) groups is 1. The highest BCUT2D eigenvalue weighted by Gasteiger charge is 2.43. The smallest absolute Gasteiger partial charge is 0.339 e. The van der Waals surface area contributed by atoms with E-state index in [0.717, 1.165) is 0 Å². The van der Waals surface area contributed by atoms with Crippen molar-refractivity contribution in [3.63, 3.8) is 0 Å². The van der Waals surface area contributed by atoms with Crippen LogP contribution in [0, 0.1) is 0 Å². The van der Waals surface area contributed by atoms with Crippen LogP contribution in [0.5, 0.6) is 5.75 Å². The minimum Gasteiger partial charge on any atom is -0.484 e. The summed E-state index contributed by atoms with van der Waals surface area (Å²) in [6.07, 6.45) is -0.511. The molecular weight excluding hydrogens is 258 g/mol. The lowest BCUT2D eigenvalue weighted by Gasteiger charge is -2.30. The lowest BCUT2D eigenvalue weighted by Crippen LogP contribution is -2.40. The molecule has 0 aromatic heterocycles. The Balaban J connectivity index is 2.03. The molecule has 3 rings (SSSR count). The van der Waals surface area contributed by atoms with Crippen LogP contribution in [0.2, 0.25) is 0 Å². The summed E-state index contributed by atoms with van der Waals surface area (Å²) in [5.41, 5.74) is 0.580. The number of hydrogen-bond acceptors (Lipinski definition) is 5. The van der Waals surface area contributed by atoms with Crippen LogP contribution in [0.4, 0.5) is 5.69 Å². The summed E-state index contributed by atoms with van der Waals surface area (Å²) in [6.45, 7) is 0. The van der Waals surface area contributed by atoms with Gasteiger partial charge in [-0.2, -0.15) is 0 Å². The van der Waals surface area contributed by atoms with Crippen LogP contribution in [0.15, 0.2) is 18.2 Å². The Morgan fingerprint density at radius 3 is 2.89 bits per heavy atom. The highest BCUT2D eigenvalue weighted by atomic mass is 32.2. The maximum atomic E-state index is 11.5. The Morgan fingerprint density at radius 1 is 1.39 bits per heavy atom. The fourth-order valence-corrected chi connectivity index (χ4v) is 4.15. The zero-order chi connectivity index (χ0) is 12.9. The van der Waals surface area contributed by atoms with Gasteiger partial charge in [0.1, 0.15) is 11.7 Å². The molecule has 1 aromatic carbocycles. The van der Waals surface area contributed by atoms with E-state index in [9.17, 15) is 13.2 Å². The zero-order valence-corrected chi connectivity index (χ0v) is 10.1. The number of sulfone groups is 1. The fourth-order valence-electron chi connectivity index (χ4n) is 2.36. The molecule has 1 aromatic rings. The van der Waals surface area contributed by atoms with Crippen LogP contribution in [-0.4, -0.2) is 43.1 Å². The van der Waals surface area contributed by atoms with Gasteiger partial charge < -0.3 is 15.2 Å².